The highest BCUT2D eigenvalue weighted by atomic mass is 16.5. The highest BCUT2D eigenvalue weighted by Crippen LogP contribution is 2.25. The Bertz CT molecular complexity index is 277. The second-order valence-electron chi connectivity index (χ2n) is 5.10. The minimum atomic E-state index is -0.775. The van der Waals surface area contributed by atoms with E-state index in [0.717, 1.165) is 25.8 Å². The van der Waals surface area contributed by atoms with E-state index in [1.54, 1.807) is 4.90 Å². The van der Waals surface area contributed by atoms with Gasteiger partial charge in [-0.25, -0.2) is 0 Å². The van der Waals surface area contributed by atoms with Gasteiger partial charge in [-0.15, -0.1) is 0 Å². The largest absolute Gasteiger partial charge is 0.394 e. The summed E-state index contributed by atoms with van der Waals surface area (Å²) in [4.78, 5) is 14.3. The van der Waals surface area contributed by atoms with Crippen LogP contribution in [0.2, 0.25) is 0 Å². The van der Waals surface area contributed by atoms with Crippen molar-refractivity contribution in [2.24, 2.45) is 5.73 Å². The zero-order valence-corrected chi connectivity index (χ0v) is 10.2. The maximum absolute atomic E-state index is 12.5. The number of hydrogen-bond donors (Lipinski definition) is 2. The van der Waals surface area contributed by atoms with E-state index < -0.39 is 5.54 Å². The fraction of sp³-hybridized carbons (Fsp3) is 0.917. The first-order valence-electron chi connectivity index (χ1n) is 6.46. The van der Waals surface area contributed by atoms with E-state index in [1.165, 1.54) is 0 Å². The first-order valence-corrected chi connectivity index (χ1v) is 6.46. The lowest BCUT2D eigenvalue weighted by Gasteiger charge is -2.42. The number of likely N-dealkylation sites (tertiary alicyclic amines) is 1. The zero-order valence-electron chi connectivity index (χ0n) is 10.2. The fourth-order valence-electron chi connectivity index (χ4n) is 2.69. The number of piperidine rings is 1. The van der Waals surface area contributed by atoms with Crippen molar-refractivity contribution in [3.05, 3.63) is 0 Å². The first kappa shape index (κ1) is 12.8. The zero-order chi connectivity index (χ0) is 12.3. The van der Waals surface area contributed by atoms with Crippen molar-refractivity contribution >= 4 is 5.91 Å². The standard InChI is InChI=1S/C12H22N2O3/c13-12(4-7-17-8-5-12)11(16)14-6-2-1-3-10(14)9-15/h10,15H,1-9,13H2. The lowest BCUT2D eigenvalue weighted by atomic mass is 9.88. The van der Waals surface area contributed by atoms with Gasteiger partial charge in [0.05, 0.1) is 18.2 Å². The molecule has 3 N–H and O–H groups in total. The molecule has 0 aliphatic carbocycles. The van der Waals surface area contributed by atoms with E-state index in [1.807, 2.05) is 0 Å². The van der Waals surface area contributed by atoms with Gasteiger partial charge in [-0.1, -0.05) is 0 Å². The molecule has 17 heavy (non-hydrogen) atoms. The highest BCUT2D eigenvalue weighted by Gasteiger charge is 2.41. The third-order valence-electron chi connectivity index (χ3n) is 3.91. The van der Waals surface area contributed by atoms with Crippen LogP contribution in [0.25, 0.3) is 0 Å². The van der Waals surface area contributed by atoms with Gasteiger partial charge < -0.3 is 20.5 Å². The molecule has 0 spiro atoms. The molecule has 5 heteroatoms. The van der Waals surface area contributed by atoms with Crippen LogP contribution in [0.5, 0.6) is 0 Å². The minimum absolute atomic E-state index is 0.000417. The molecule has 1 amide bonds. The van der Waals surface area contributed by atoms with Gasteiger partial charge in [-0.05, 0) is 32.1 Å². The van der Waals surface area contributed by atoms with Crippen molar-refractivity contribution in [2.75, 3.05) is 26.4 Å². The summed E-state index contributed by atoms with van der Waals surface area (Å²) in [5.74, 6) is -0.000417. The minimum Gasteiger partial charge on any atom is -0.394 e. The number of rotatable bonds is 2. The van der Waals surface area contributed by atoms with E-state index >= 15 is 0 Å². The topological polar surface area (TPSA) is 75.8 Å². The summed E-state index contributed by atoms with van der Waals surface area (Å²) >= 11 is 0. The number of hydrogen-bond acceptors (Lipinski definition) is 4. The van der Waals surface area contributed by atoms with E-state index in [9.17, 15) is 9.90 Å². The van der Waals surface area contributed by atoms with Gasteiger partial charge in [-0.3, -0.25) is 4.79 Å². The van der Waals surface area contributed by atoms with Crippen LogP contribution >= 0.6 is 0 Å². The summed E-state index contributed by atoms with van der Waals surface area (Å²) in [6, 6.07) is -0.0421. The average Bonchev–Trinajstić information content (AvgIpc) is 2.38. The maximum Gasteiger partial charge on any atom is 0.243 e. The van der Waals surface area contributed by atoms with Crippen LogP contribution in [-0.2, 0) is 9.53 Å². The Labute approximate surface area is 102 Å². The number of carbonyl (C=O) groups is 1. The molecule has 2 saturated heterocycles. The van der Waals surface area contributed by atoms with Crippen LogP contribution in [-0.4, -0.2) is 53.9 Å². The molecule has 2 aliphatic heterocycles. The SMILES string of the molecule is NC1(C(=O)N2CCCCC2CO)CCOCC1. The number of aliphatic hydroxyl groups is 1. The van der Waals surface area contributed by atoms with Crippen LogP contribution in [0.4, 0.5) is 0 Å². The lowest BCUT2D eigenvalue weighted by Crippen LogP contribution is -2.61. The molecule has 98 valence electrons. The molecule has 2 heterocycles. The molecule has 0 bridgehead atoms. The Balaban J connectivity index is 2.06. The van der Waals surface area contributed by atoms with Crippen molar-refractivity contribution in [2.45, 2.75) is 43.7 Å². The van der Waals surface area contributed by atoms with Gasteiger partial charge >= 0.3 is 0 Å². The number of nitrogens with zero attached hydrogens (tertiary/aromatic N) is 1. The molecule has 2 fully saturated rings. The van der Waals surface area contributed by atoms with E-state index in [0.29, 0.717) is 26.1 Å². The molecule has 0 aromatic rings. The van der Waals surface area contributed by atoms with Crippen molar-refractivity contribution in [1.29, 1.82) is 0 Å². The summed E-state index contributed by atoms with van der Waals surface area (Å²) in [7, 11) is 0. The molecule has 1 unspecified atom stereocenters. The summed E-state index contributed by atoms with van der Waals surface area (Å²) in [6.07, 6.45) is 4.14. The maximum atomic E-state index is 12.5. The quantitative estimate of drug-likeness (QED) is 0.707. The first-order chi connectivity index (χ1) is 8.17. The summed E-state index contributed by atoms with van der Waals surface area (Å²) < 4.78 is 5.26. The lowest BCUT2D eigenvalue weighted by molar-refractivity contribution is -0.145. The normalized spacial score (nSPS) is 29.1. The van der Waals surface area contributed by atoms with E-state index in [-0.39, 0.29) is 18.6 Å². The summed E-state index contributed by atoms with van der Waals surface area (Å²) in [5, 5.41) is 9.33. The summed E-state index contributed by atoms with van der Waals surface area (Å²) in [6.45, 7) is 1.88. The average molecular weight is 242 g/mol. The number of carbonyl (C=O) groups excluding carboxylic acids is 1. The van der Waals surface area contributed by atoms with Crippen molar-refractivity contribution in [1.82, 2.24) is 4.90 Å². The van der Waals surface area contributed by atoms with Crippen LogP contribution in [0, 0.1) is 0 Å². The van der Waals surface area contributed by atoms with Gasteiger partial charge in [0.15, 0.2) is 0 Å². The molecule has 2 rings (SSSR count). The second-order valence-corrected chi connectivity index (χ2v) is 5.10. The fourth-order valence-corrected chi connectivity index (χ4v) is 2.69. The molecule has 0 radical (unpaired) electrons. The molecule has 1 atom stereocenters. The van der Waals surface area contributed by atoms with Gasteiger partial charge in [0.2, 0.25) is 5.91 Å². The van der Waals surface area contributed by atoms with Gasteiger partial charge in [-0.2, -0.15) is 0 Å². The Morgan fingerprint density at radius 1 is 1.41 bits per heavy atom. The number of amides is 1. The monoisotopic (exact) mass is 242 g/mol. The Kier molecular flexibility index (Phi) is 4.01. The smallest absolute Gasteiger partial charge is 0.243 e. The van der Waals surface area contributed by atoms with Crippen molar-refractivity contribution < 1.29 is 14.6 Å². The second kappa shape index (κ2) is 5.33. The molecule has 0 aromatic heterocycles. The molecular weight excluding hydrogens is 220 g/mol. The van der Waals surface area contributed by atoms with Crippen LogP contribution in [0.1, 0.15) is 32.1 Å². The predicted molar refractivity (Wildman–Crippen MR) is 63.4 cm³/mol. The molecule has 0 aromatic carbocycles. The Morgan fingerprint density at radius 2 is 2.12 bits per heavy atom. The van der Waals surface area contributed by atoms with Crippen LogP contribution in [0.3, 0.4) is 0 Å². The third-order valence-corrected chi connectivity index (χ3v) is 3.91. The van der Waals surface area contributed by atoms with Crippen LogP contribution < -0.4 is 5.73 Å². The molecule has 5 nitrogen and oxygen atoms in total. The van der Waals surface area contributed by atoms with Gasteiger partial charge in [0.1, 0.15) is 0 Å². The van der Waals surface area contributed by atoms with Crippen LogP contribution in [0.15, 0.2) is 0 Å². The van der Waals surface area contributed by atoms with Crippen molar-refractivity contribution in [3.8, 4) is 0 Å². The number of nitrogens with two attached hydrogens (primary N) is 1. The predicted octanol–water partition coefficient (Wildman–Crippen LogP) is -0.132. The van der Waals surface area contributed by atoms with Gasteiger partial charge in [0.25, 0.3) is 0 Å². The van der Waals surface area contributed by atoms with E-state index in [2.05, 4.69) is 0 Å². The number of ether oxygens (including phenoxy) is 1. The van der Waals surface area contributed by atoms with E-state index in [4.69, 9.17) is 10.5 Å². The third kappa shape index (κ3) is 2.61. The number of aliphatic hydroxyl groups excluding tert-OH is 1. The molecule has 2 aliphatic rings. The van der Waals surface area contributed by atoms with Crippen molar-refractivity contribution in [3.63, 3.8) is 0 Å². The molecule has 0 saturated carbocycles. The Hall–Kier alpha value is -0.650. The summed E-state index contributed by atoms with van der Waals surface area (Å²) in [5.41, 5.74) is 5.42. The Morgan fingerprint density at radius 3 is 2.76 bits per heavy atom. The van der Waals surface area contributed by atoms with Gasteiger partial charge in [0, 0.05) is 19.8 Å². The molecular formula is C12H22N2O3. The highest BCUT2D eigenvalue weighted by molar-refractivity contribution is 5.86.